The maximum atomic E-state index is 12.4. The number of allylic oxidation sites excluding steroid dienone is 3. The number of nitrogens with zero attached hydrogens (tertiary/aromatic N) is 3. The molecule has 9 heteroatoms. The third kappa shape index (κ3) is 6.57. The first-order valence-electron chi connectivity index (χ1n) is 11.6. The number of rotatable bonds is 9. The largest absolute Gasteiger partial charge is 0.404 e. The van der Waals surface area contributed by atoms with Gasteiger partial charge in [0.15, 0.2) is 0 Å². The van der Waals surface area contributed by atoms with Gasteiger partial charge in [0.1, 0.15) is 11.6 Å². The second kappa shape index (κ2) is 11.8. The maximum Gasteiger partial charge on any atom is 0.241 e. The van der Waals surface area contributed by atoms with Gasteiger partial charge >= 0.3 is 0 Å². The standard InChI is InChI=1S/C25H34N8O/c1-17(2)18(12-26)11-23(28)32-24-7-6-21-22(31-24)10-19(15-30-21)20(13-27)14-29-16-25(34)33-8-4-3-5-9-33/h6-7,10-15,17,27,29H,3-5,8-9,16,26,28H2,1-2H3,(H,31,32)/b18-12+,20-14+,23-11+,27-13?. The lowest BCUT2D eigenvalue weighted by atomic mass is 10.0. The molecule has 9 nitrogen and oxygen atoms in total. The van der Waals surface area contributed by atoms with Crippen LogP contribution in [0.25, 0.3) is 16.6 Å². The van der Waals surface area contributed by atoms with Crippen molar-refractivity contribution in [1.82, 2.24) is 20.2 Å². The molecule has 2 aromatic rings. The van der Waals surface area contributed by atoms with E-state index in [0.717, 1.165) is 42.6 Å². The van der Waals surface area contributed by atoms with Crippen LogP contribution in [0.4, 0.5) is 5.82 Å². The van der Waals surface area contributed by atoms with E-state index in [4.69, 9.17) is 16.9 Å². The quantitative estimate of drug-likeness (QED) is 0.284. The van der Waals surface area contributed by atoms with Gasteiger partial charge < -0.3 is 32.4 Å². The highest BCUT2D eigenvalue weighted by molar-refractivity contribution is 6.08. The third-order valence-electron chi connectivity index (χ3n) is 5.70. The fourth-order valence-corrected chi connectivity index (χ4v) is 3.72. The molecule has 1 fully saturated rings. The van der Waals surface area contributed by atoms with Crippen LogP contribution in [0.3, 0.4) is 0 Å². The fourth-order valence-electron chi connectivity index (χ4n) is 3.72. The molecule has 3 heterocycles. The number of amides is 1. The van der Waals surface area contributed by atoms with Gasteiger partial charge in [0.05, 0.1) is 17.6 Å². The summed E-state index contributed by atoms with van der Waals surface area (Å²) in [5.74, 6) is 1.33. The van der Waals surface area contributed by atoms with E-state index in [2.05, 4.69) is 20.6 Å². The SMILES string of the molecule is CC(C)C(=C/N)/C=C(\N)Nc1ccc2ncc(/C(C=N)=C/NCC(=O)N3CCCCC3)cc2n1. The summed E-state index contributed by atoms with van der Waals surface area (Å²) < 4.78 is 0. The summed E-state index contributed by atoms with van der Waals surface area (Å²) >= 11 is 0. The average Bonchev–Trinajstić information content (AvgIpc) is 2.85. The lowest BCUT2D eigenvalue weighted by Gasteiger charge is -2.26. The van der Waals surface area contributed by atoms with Gasteiger partial charge in [-0.1, -0.05) is 13.8 Å². The van der Waals surface area contributed by atoms with Crippen molar-refractivity contribution in [2.75, 3.05) is 25.0 Å². The minimum absolute atomic E-state index is 0.0741. The molecule has 34 heavy (non-hydrogen) atoms. The number of carbonyl (C=O) groups is 1. The molecule has 2 aromatic heterocycles. The predicted molar refractivity (Wildman–Crippen MR) is 138 cm³/mol. The number of hydrogen-bond donors (Lipinski definition) is 5. The Balaban J connectivity index is 1.73. The van der Waals surface area contributed by atoms with E-state index in [0.29, 0.717) is 22.7 Å². The van der Waals surface area contributed by atoms with Crippen molar-refractivity contribution in [3.8, 4) is 0 Å². The van der Waals surface area contributed by atoms with Gasteiger partial charge in [-0.3, -0.25) is 9.78 Å². The summed E-state index contributed by atoms with van der Waals surface area (Å²) in [6.45, 7) is 5.91. The van der Waals surface area contributed by atoms with Crippen molar-refractivity contribution in [3.05, 3.63) is 59.8 Å². The number of carbonyl (C=O) groups excluding carboxylic acids is 1. The number of piperidine rings is 1. The Morgan fingerprint density at radius 1 is 1.24 bits per heavy atom. The van der Waals surface area contributed by atoms with Crippen molar-refractivity contribution < 1.29 is 4.79 Å². The Morgan fingerprint density at radius 3 is 2.68 bits per heavy atom. The molecule has 0 radical (unpaired) electrons. The molecule has 1 amide bonds. The smallest absolute Gasteiger partial charge is 0.241 e. The van der Waals surface area contributed by atoms with Gasteiger partial charge in [-0.15, -0.1) is 0 Å². The zero-order valence-corrected chi connectivity index (χ0v) is 19.8. The molecule has 1 saturated heterocycles. The van der Waals surface area contributed by atoms with Gasteiger partial charge in [0.25, 0.3) is 0 Å². The molecule has 0 bridgehead atoms. The van der Waals surface area contributed by atoms with Crippen LogP contribution in [-0.2, 0) is 4.79 Å². The lowest BCUT2D eigenvalue weighted by molar-refractivity contribution is -0.130. The van der Waals surface area contributed by atoms with E-state index < -0.39 is 0 Å². The molecule has 0 unspecified atom stereocenters. The highest BCUT2D eigenvalue weighted by atomic mass is 16.2. The van der Waals surface area contributed by atoms with Crippen molar-refractivity contribution in [1.29, 1.82) is 5.41 Å². The maximum absolute atomic E-state index is 12.4. The van der Waals surface area contributed by atoms with Crippen molar-refractivity contribution >= 4 is 34.5 Å². The lowest BCUT2D eigenvalue weighted by Crippen LogP contribution is -2.40. The number of likely N-dealkylation sites (tertiary alicyclic amines) is 1. The summed E-state index contributed by atoms with van der Waals surface area (Å²) in [5, 5.41) is 13.9. The number of pyridine rings is 2. The van der Waals surface area contributed by atoms with Crippen LogP contribution in [0.15, 0.2) is 54.3 Å². The zero-order valence-electron chi connectivity index (χ0n) is 19.8. The Morgan fingerprint density at radius 2 is 2.00 bits per heavy atom. The molecule has 0 saturated carbocycles. The van der Waals surface area contributed by atoms with E-state index in [-0.39, 0.29) is 18.4 Å². The molecule has 7 N–H and O–H groups in total. The molecular weight excluding hydrogens is 428 g/mol. The number of nitrogens with one attached hydrogen (secondary N) is 3. The Hall–Kier alpha value is -3.88. The Kier molecular flexibility index (Phi) is 8.61. The Bertz CT molecular complexity index is 1110. The van der Waals surface area contributed by atoms with Crippen molar-refractivity contribution in [2.45, 2.75) is 33.1 Å². The first-order valence-corrected chi connectivity index (χ1v) is 11.6. The second-order valence-electron chi connectivity index (χ2n) is 8.57. The second-order valence-corrected chi connectivity index (χ2v) is 8.57. The van der Waals surface area contributed by atoms with Gasteiger partial charge in [0.2, 0.25) is 5.91 Å². The number of fused-ring (bicyclic) bond motifs is 1. The van der Waals surface area contributed by atoms with Crippen LogP contribution < -0.4 is 22.1 Å². The van der Waals surface area contributed by atoms with Crippen LogP contribution in [0, 0.1) is 11.3 Å². The highest BCUT2D eigenvalue weighted by Crippen LogP contribution is 2.19. The molecule has 1 aliphatic rings. The topological polar surface area (TPSA) is 146 Å². The molecule has 0 aliphatic carbocycles. The van der Waals surface area contributed by atoms with Gasteiger partial charge in [-0.25, -0.2) is 4.98 Å². The summed E-state index contributed by atoms with van der Waals surface area (Å²) in [4.78, 5) is 23.3. The van der Waals surface area contributed by atoms with Gasteiger partial charge in [-0.05, 0) is 61.2 Å². The van der Waals surface area contributed by atoms with Crippen LogP contribution in [-0.4, -0.2) is 46.6 Å². The first kappa shape index (κ1) is 24.8. The summed E-state index contributed by atoms with van der Waals surface area (Å²) in [5.41, 5.74) is 15.4. The summed E-state index contributed by atoms with van der Waals surface area (Å²) in [7, 11) is 0. The molecule has 1 aliphatic heterocycles. The zero-order chi connectivity index (χ0) is 24.5. The molecule has 3 rings (SSSR count). The molecule has 0 atom stereocenters. The fraction of sp³-hybridized carbons (Fsp3) is 0.360. The van der Waals surface area contributed by atoms with Crippen LogP contribution in [0.2, 0.25) is 0 Å². The minimum Gasteiger partial charge on any atom is -0.404 e. The number of hydrogen-bond acceptors (Lipinski definition) is 8. The molecule has 0 spiro atoms. The molecule has 0 aromatic carbocycles. The molecular formula is C25H34N8O. The highest BCUT2D eigenvalue weighted by Gasteiger charge is 2.15. The van der Waals surface area contributed by atoms with E-state index in [1.54, 1.807) is 30.7 Å². The van der Waals surface area contributed by atoms with Crippen molar-refractivity contribution in [3.63, 3.8) is 0 Å². The average molecular weight is 463 g/mol. The van der Waals surface area contributed by atoms with Crippen LogP contribution in [0.5, 0.6) is 0 Å². The minimum atomic E-state index is 0.0741. The number of aromatic nitrogens is 2. The summed E-state index contributed by atoms with van der Waals surface area (Å²) in [6.07, 6.45) is 11.2. The van der Waals surface area contributed by atoms with Gasteiger partial charge in [0, 0.05) is 42.8 Å². The Labute approximate surface area is 200 Å². The van der Waals surface area contributed by atoms with Crippen LogP contribution in [0.1, 0.15) is 38.7 Å². The number of nitrogens with two attached hydrogens (primary N) is 2. The van der Waals surface area contributed by atoms with Crippen LogP contribution >= 0.6 is 0 Å². The number of anilines is 1. The first-order chi connectivity index (χ1) is 16.4. The normalized spacial score (nSPS) is 15.5. The molecule has 180 valence electrons. The predicted octanol–water partition coefficient (Wildman–Crippen LogP) is 2.93. The van der Waals surface area contributed by atoms with E-state index in [1.165, 1.54) is 12.6 Å². The van der Waals surface area contributed by atoms with E-state index in [9.17, 15) is 4.79 Å². The van der Waals surface area contributed by atoms with Gasteiger partial charge in [-0.2, -0.15) is 0 Å². The summed E-state index contributed by atoms with van der Waals surface area (Å²) in [6, 6.07) is 5.52. The van der Waals surface area contributed by atoms with Crippen molar-refractivity contribution in [2.24, 2.45) is 17.4 Å². The third-order valence-corrected chi connectivity index (χ3v) is 5.70. The van der Waals surface area contributed by atoms with E-state index in [1.807, 2.05) is 30.9 Å². The monoisotopic (exact) mass is 462 g/mol. The van der Waals surface area contributed by atoms with E-state index >= 15 is 0 Å².